The fourth-order valence-corrected chi connectivity index (χ4v) is 3.16. The maximum Gasteiger partial charge on any atom is 0.306 e. The van der Waals surface area contributed by atoms with Gasteiger partial charge in [0.05, 0.1) is 17.3 Å². The van der Waals surface area contributed by atoms with E-state index >= 15 is 0 Å². The third-order valence-corrected chi connectivity index (χ3v) is 4.03. The number of pyridine rings is 1. The normalized spacial score (nSPS) is 11.6. The average molecular weight is 346 g/mol. The van der Waals surface area contributed by atoms with Crippen molar-refractivity contribution in [2.24, 2.45) is 0 Å². The van der Waals surface area contributed by atoms with Crippen molar-refractivity contribution in [1.29, 1.82) is 0 Å². The van der Waals surface area contributed by atoms with Crippen molar-refractivity contribution >= 4 is 50.2 Å². The highest BCUT2D eigenvalue weighted by Crippen LogP contribution is 2.36. The number of rotatable bonds is 4. The van der Waals surface area contributed by atoms with Crippen molar-refractivity contribution in [3.05, 3.63) is 28.8 Å². The molecule has 0 spiro atoms. The summed E-state index contributed by atoms with van der Waals surface area (Å²) >= 11 is 7.19. The highest BCUT2D eigenvalue weighted by atomic mass is 35.5. The van der Waals surface area contributed by atoms with E-state index in [1.54, 1.807) is 18.4 Å². The third-order valence-electron chi connectivity index (χ3n) is 2.65. The molecule has 0 atom stereocenters. The van der Waals surface area contributed by atoms with E-state index in [1.165, 1.54) is 24.8 Å². The number of fused-ring (bicyclic) bond motifs is 1. The van der Waals surface area contributed by atoms with Gasteiger partial charge in [0.15, 0.2) is 11.5 Å². The van der Waals surface area contributed by atoms with Gasteiger partial charge in [0.25, 0.3) is 0 Å². The van der Waals surface area contributed by atoms with Crippen LogP contribution in [0.5, 0.6) is 5.75 Å². The predicted octanol–water partition coefficient (Wildman–Crippen LogP) is 3.15. The van der Waals surface area contributed by atoms with Gasteiger partial charge >= 0.3 is 10.1 Å². The number of ketones is 1. The van der Waals surface area contributed by atoms with Gasteiger partial charge in [-0.05, 0) is 31.4 Å². The maximum atomic E-state index is 11.9. The Morgan fingerprint density at radius 2 is 2.05 bits per heavy atom. The van der Waals surface area contributed by atoms with Gasteiger partial charge in [-0.1, -0.05) is 11.6 Å². The van der Waals surface area contributed by atoms with Gasteiger partial charge in [0, 0.05) is 10.4 Å². The van der Waals surface area contributed by atoms with Gasteiger partial charge < -0.3 is 4.18 Å². The number of hydrogen-bond donors (Lipinski definition) is 0. The smallest absolute Gasteiger partial charge is 0.306 e. The summed E-state index contributed by atoms with van der Waals surface area (Å²) < 4.78 is 28.1. The fraction of sp³-hybridized carbons (Fsp3) is 0.231. The Bertz CT molecular complexity index is 834. The molecular formula is C13H12ClNO4S2. The standard InChI is InChI=1S/C13H12ClNO4S2/c1-7(16)11-12(19-21(3,17)18)9-6-8(14)4-5-10(9)15-13(11)20-2/h4-6H,1-3H3. The zero-order valence-electron chi connectivity index (χ0n) is 11.5. The molecule has 0 amide bonds. The van der Waals surface area contributed by atoms with Crippen LogP contribution in [-0.4, -0.2) is 31.7 Å². The Balaban J connectivity index is 2.94. The van der Waals surface area contributed by atoms with Crippen LogP contribution in [0.25, 0.3) is 10.9 Å². The number of halogens is 1. The van der Waals surface area contributed by atoms with Gasteiger partial charge in [-0.3, -0.25) is 4.79 Å². The molecule has 0 fully saturated rings. The molecule has 5 nitrogen and oxygen atoms in total. The largest absolute Gasteiger partial charge is 0.381 e. The molecule has 0 bridgehead atoms. The molecule has 1 aromatic carbocycles. The van der Waals surface area contributed by atoms with E-state index in [0.717, 1.165) is 6.26 Å². The second-order valence-electron chi connectivity index (χ2n) is 4.33. The number of benzene rings is 1. The molecule has 0 N–H and O–H groups in total. The molecule has 8 heteroatoms. The van der Waals surface area contributed by atoms with Crippen LogP contribution in [0.3, 0.4) is 0 Å². The Labute approximate surface area is 131 Å². The lowest BCUT2D eigenvalue weighted by Crippen LogP contribution is -2.11. The van der Waals surface area contributed by atoms with E-state index in [-0.39, 0.29) is 17.1 Å². The van der Waals surface area contributed by atoms with Gasteiger partial charge in [-0.25, -0.2) is 4.98 Å². The molecule has 0 aliphatic rings. The van der Waals surface area contributed by atoms with Crippen LogP contribution in [0.15, 0.2) is 23.2 Å². The molecule has 0 unspecified atom stereocenters. The minimum absolute atomic E-state index is 0.0261. The number of thioether (sulfide) groups is 1. The summed E-state index contributed by atoms with van der Waals surface area (Å²) in [7, 11) is -3.79. The van der Waals surface area contributed by atoms with Gasteiger partial charge in [0.1, 0.15) is 5.03 Å². The summed E-state index contributed by atoms with van der Waals surface area (Å²) in [5.74, 6) is -0.353. The molecule has 0 radical (unpaired) electrons. The monoisotopic (exact) mass is 345 g/mol. The number of Topliss-reactive ketones (excluding diaryl/α,β-unsaturated/α-hetero) is 1. The number of carbonyl (C=O) groups is 1. The van der Waals surface area contributed by atoms with E-state index in [4.69, 9.17) is 15.8 Å². The van der Waals surface area contributed by atoms with Crippen LogP contribution in [0.2, 0.25) is 5.02 Å². The average Bonchev–Trinajstić information content (AvgIpc) is 2.36. The summed E-state index contributed by atoms with van der Waals surface area (Å²) in [5.41, 5.74) is 0.648. The van der Waals surface area contributed by atoms with Crippen LogP contribution in [-0.2, 0) is 10.1 Å². The first-order valence-electron chi connectivity index (χ1n) is 5.80. The van der Waals surface area contributed by atoms with Crippen LogP contribution in [0.4, 0.5) is 0 Å². The van der Waals surface area contributed by atoms with Crippen molar-refractivity contribution < 1.29 is 17.4 Å². The number of hydrogen-bond acceptors (Lipinski definition) is 6. The first-order valence-corrected chi connectivity index (χ1v) is 9.22. The summed E-state index contributed by atoms with van der Waals surface area (Å²) in [4.78, 5) is 16.3. The highest BCUT2D eigenvalue weighted by molar-refractivity contribution is 7.98. The summed E-state index contributed by atoms with van der Waals surface area (Å²) in [6.07, 6.45) is 2.67. The van der Waals surface area contributed by atoms with Gasteiger partial charge in [0.2, 0.25) is 0 Å². The Morgan fingerprint density at radius 1 is 1.38 bits per heavy atom. The maximum absolute atomic E-state index is 11.9. The lowest BCUT2D eigenvalue weighted by Gasteiger charge is -2.14. The van der Waals surface area contributed by atoms with Gasteiger partial charge in [-0.15, -0.1) is 11.8 Å². The van der Waals surface area contributed by atoms with E-state index in [1.807, 2.05) is 0 Å². The van der Waals surface area contributed by atoms with E-state index < -0.39 is 10.1 Å². The minimum atomic E-state index is -3.79. The molecule has 2 rings (SSSR count). The van der Waals surface area contributed by atoms with Crippen LogP contribution >= 0.6 is 23.4 Å². The van der Waals surface area contributed by atoms with Crippen LogP contribution in [0, 0.1) is 0 Å². The predicted molar refractivity (Wildman–Crippen MR) is 84.0 cm³/mol. The Morgan fingerprint density at radius 3 is 2.57 bits per heavy atom. The van der Waals surface area contributed by atoms with Crippen molar-refractivity contribution in [2.45, 2.75) is 11.9 Å². The van der Waals surface area contributed by atoms with E-state index in [2.05, 4.69) is 4.98 Å². The van der Waals surface area contributed by atoms with Crippen molar-refractivity contribution in [3.8, 4) is 5.75 Å². The zero-order valence-corrected chi connectivity index (χ0v) is 13.9. The summed E-state index contributed by atoms with van der Waals surface area (Å²) in [6, 6.07) is 4.82. The molecule has 0 aliphatic heterocycles. The molecule has 0 aliphatic carbocycles. The fourth-order valence-electron chi connectivity index (χ4n) is 1.88. The highest BCUT2D eigenvalue weighted by Gasteiger charge is 2.22. The van der Waals surface area contributed by atoms with Crippen molar-refractivity contribution in [3.63, 3.8) is 0 Å². The molecular weight excluding hydrogens is 334 g/mol. The van der Waals surface area contributed by atoms with Crippen LogP contribution in [0.1, 0.15) is 17.3 Å². The number of aromatic nitrogens is 1. The number of nitrogens with zero attached hydrogens (tertiary/aromatic N) is 1. The molecule has 112 valence electrons. The quantitative estimate of drug-likeness (QED) is 0.481. The third kappa shape index (κ3) is 3.48. The molecule has 1 heterocycles. The van der Waals surface area contributed by atoms with E-state index in [0.29, 0.717) is 21.0 Å². The lowest BCUT2D eigenvalue weighted by atomic mass is 10.1. The van der Waals surface area contributed by atoms with Crippen molar-refractivity contribution in [2.75, 3.05) is 12.5 Å². The molecule has 2 aromatic rings. The lowest BCUT2D eigenvalue weighted by molar-refractivity contribution is 0.101. The molecule has 0 saturated heterocycles. The Kier molecular flexibility index (Phi) is 4.46. The first kappa shape index (κ1) is 16.1. The summed E-state index contributed by atoms with van der Waals surface area (Å²) in [6.45, 7) is 1.34. The molecule has 21 heavy (non-hydrogen) atoms. The second-order valence-corrected chi connectivity index (χ2v) is 7.14. The summed E-state index contributed by atoms with van der Waals surface area (Å²) in [5, 5.41) is 1.20. The van der Waals surface area contributed by atoms with Crippen molar-refractivity contribution in [1.82, 2.24) is 4.98 Å². The molecule has 1 aromatic heterocycles. The second kappa shape index (κ2) is 5.82. The SMILES string of the molecule is CSc1nc2ccc(Cl)cc2c(OS(C)(=O)=O)c1C(C)=O. The van der Waals surface area contributed by atoms with Gasteiger partial charge in [-0.2, -0.15) is 8.42 Å². The molecule has 0 saturated carbocycles. The zero-order chi connectivity index (χ0) is 15.8. The topological polar surface area (TPSA) is 73.3 Å². The number of carbonyl (C=O) groups excluding carboxylic acids is 1. The van der Waals surface area contributed by atoms with E-state index in [9.17, 15) is 13.2 Å². The van der Waals surface area contributed by atoms with Crippen LogP contribution < -0.4 is 4.18 Å². The Hall–Kier alpha value is -1.31. The first-order chi connectivity index (χ1) is 9.73. The minimum Gasteiger partial charge on any atom is -0.381 e.